The van der Waals surface area contributed by atoms with Gasteiger partial charge < -0.3 is 9.84 Å². The van der Waals surface area contributed by atoms with Crippen molar-refractivity contribution in [1.29, 1.82) is 0 Å². The number of aromatic nitrogens is 1. The van der Waals surface area contributed by atoms with Gasteiger partial charge in [0.05, 0.1) is 11.3 Å². The van der Waals surface area contributed by atoms with Crippen molar-refractivity contribution in [2.45, 2.75) is 63.3 Å². The number of nitrogens with zero attached hydrogens (tertiary/aromatic N) is 1. The molecule has 0 aliphatic heterocycles. The average Bonchev–Trinajstić information content (AvgIpc) is 3.38. The summed E-state index contributed by atoms with van der Waals surface area (Å²) in [4.78, 5) is 12.7. The van der Waals surface area contributed by atoms with E-state index in [4.69, 9.17) is 4.52 Å². The summed E-state index contributed by atoms with van der Waals surface area (Å²) >= 11 is 0. The fourth-order valence-corrected chi connectivity index (χ4v) is 5.60. The number of sulfonamides is 1. The number of nitrogens with one attached hydrogen (secondary N) is 2. The third kappa shape index (κ3) is 5.19. The number of aryl methyl sites for hydroxylation is 2. The van der Waals surface area contributed by atoms with Crippen LogP contribution in [0.3, 0.4) is 0 Å². The van der Waals surface area contributed by atoms with Crippen LogP contribution < -0.4 is 10.0 Å². The van der Waals surface area contributed by atoms with Crippen molar-refractivity contribution < 1.29 is 17.7 Å². The highest BCUT2D eigenvalue weighted by Crippen LogP contribution is 2.24. The van der Waals surface area contributed by atoms with Gasteiger partial charge in [0.25, 0.3) is 0 Å². The van der Waals surface area contributed by atoms with E-state index >= 15 is 0 Å². The molecule has 1 fully saturated rings. The van der Waals surface area contributed by atoms with Crippen molar-refractivity contribution in [2.75, 3.05) is 6.54 Å². The molecule has 0 bridgehead atoms. The molecule has 2 N–H and O–H groups in total. The molecule has 0 spiro atoms. The molecule has 4 rings (SSSR count). The van der Waals surface area contributed by atoms with Crippen LogP contribution in [-0.4, -0.2) is 32.1 Å². The lowest BCUT2D eigenvalue weighted by Gasteiger charge is -2.13. The van der Waals surface area contributed by atoms with Gasteiger partial charge in [-0.3, -0.25) is 4.79 Å². The number of rotatable bonds is 8. The van der Waals surface area contributed by atoms with Crippen LogP contribution in [0.25, 0.3) is 11.0 Å². The molecule has 1 amide bonds. The molecule has 32 heavy (non-hydrogen) atoms. The summed E-state index contributed by atoms with van der Waals surface area (Å²) in [6.07, 6.45) is 4.72. The van der Waals surface area contributed by atoms with Crippen LogP contribution >= 0.6 is 0 Å². The predicted octanol–water partition coefficient (Wildman–Crippen LogP) is 3.57. The van der Waals surface area contributed by atoms with Gasteiger partial charge in [0, 0.05) is 18.0 Å². The van der Waals surface area contributed by atoms with Crippen LogP contribution in [0, 0.1) is 13.8 Å². The largest absolute Gasteiger partial charge is 0.356 e. The molecule has 0 atom stereocenters. The summed E-state index contributed by atoms with van der Waals surface area (Å²) in [6, 6.07) is 10.9. The minimum Gasteiger partial charge on any atom is -0.356 e. The van der Waals surface area contributed by atoms with Gasteiger partial charge in [-0.1, -0.05) is 36.2 Å². The first kappa shape index (κ1) is 22.5. The van der Waals surface area contributed by atoms with Gasteiger partial charge in [-0.05, 0) is 68.0 Å². The highest BCUT2D eigenvalue weighted by Gasteiger charge is 2.22. The maximum Gasteiger partial charge on any atom is 0.240 e. The minimum atomic E-state index is -3.48. The molecular weight excluding hydrogens is 426 g/mol. The molecule has 2 aromatic carbocycles. The van der Waals surface area contributed by atoms with Gasteiger partial charge in [0.2, 0.25) is 15.9 Å². The summed E-state index contributed by atoms with van der Waals surface area (Å²) in [5.41, 5.74) is 4.42. The number of benzene rings is 2. The lowest BCUT2D eigenvalue weighted by atomic mass is 10.1. The molecule has 1 saturated carbocycles. The Morgan fingerprint density at radius 1 is 1.12 bits per heavy atom. The summed E-state index contributed by atoms with van der Waals surface area (Å²) in [5.74, 6) is -0.126. The fraction of sp³-hybridized carbons (Fsp3) is 0.417. The summed E-state index contributed by atoms with van der Waals surface area (Å²) in [5, 5.41) is 7.85. The molecule has 0 radical (unpaired) electrons. The van der Waals surface area contributed by atoms with E-state index in [1.54, 1.807) is 24.3 Å². The van der Waals surface area contributed by atoms with Crippen LogP contribution in [0.1, 0.15) is 48.1 Å². The Balaban J connectivity index is 1.29. The Morgan fingerprint density at radius 3 is 2.56 bits per heavy atom. The van der Waals surface area contributed by atoms with Crippen molar-refractivity contribution in [3.8, 4) is 0 Å². The molecule has 7 nitrogen and oxygen atoms in total. The fourth-order valence-electron chi connectivity index (χ4n) is 4.29. The number of carbonyl (C=O) groups is 1. The smallest absolute Gasteiger partial charge is 0.240 e. The topological polar surface area (TPSA) is 101 Å². The van der Waals surface area contributed by atoms with E-state index in [1.807, 2.05) is 26.0 Å². The second-order valence-corrected chi connectivity index (χ2v) is 10.3. The van der Waals surface area contributed by atoms with Crippen LogP contribution in [0.5, 0.6) is 0 Å². The summed E-state index contributed by atoms with van der Waals surface area (Å²) in [6.45, 7) is 4.43. The van der Waals surface area contributed by atoms with E-state index in [2.05, 4.69) is 15.2 Å². The van der Waals surface area contributed by atoms with Crippen molar-refractivity contribution in [2.24, 2.45) is 0 Å². The molecule has 170 valence electrons. The monoisotopic (exact) mass is 455 g/mol. The maximum absolute atomic E-state index is 12.5. The number of carbonyl (C=O) groups excluding carboxylic acids is 1. The van der Waals surface area contributed by atoms with Crippen LogP contribution in [0.2, 0.25) is 0 Å². The highest BCUT2D eigenvalue weighted by molar-refractivity contribution is 7.89. The zero-order valence-corrected chi connectivity index (χ0v) is 19.3. The third-order valence-electron chi connectivity index (χ3n) is 5.95. The first-order valence-corrected chi connectivity index (χ1v) is 12.5. The molecule has 1 aromatic heterocycles. The maximum atomic E-state index is 12.5. The molecule has 0 saturated heterocycles. The Kier molecular flexibility index (Phi) is 6.62. The van der Waals surface area contributed by atoms with E-state index in [-0.39, 0.29) is 23.3 Å². The third-order valence-corrected chi connectivity index (χ3v) is 7.49. The van der Waals surface area contributed by atoms with E-state index in [9.17, 15) is 13.2 Å². The number of fused-ring (bicyclic) bond motifs is 1. The molecular formula is C24H29N3O4S. The number of hydrogen-bond acceptors (Lipinski definition) is 5. The van der Waals surface area contributed by atoms with Crippen molar-refractivity contribution in [3.63, 3.8) is 0 Å². The zero-order valence-electron chi connectivity index (χ0n) is 18.5. The second-order valence-electron chi connectivity index (χ2n) is 8.61. The average molecular weight is 456 g/mol. The highest BCUT2D eigenvalue weighted by atomic mass is 32.2. The molecule has 1 aliphatic rings. The normalized spacial score (nSPS) is 14.8. The van der Waals surface area contributed by atoms with E-state index in [0.29, 0.717) is 18.7 Å². The quantitative estimate of drug-likeness (QED) is 0.541. The number of hydrogen-bond donors (Lipinski definition) is 2. The predicted molar refractivity (Wildman–Crippen MR) is 123 cm³/mol. The van der Waals surface area contributed by atoms with Crippen LogP contribution in [-0.2, 0) is 27.7 Å². The number of amides is 1. The van der Waals surface area contributed by atoms with Crippen LogP contribution in [0.15, 0.2) is 45.8 Å². The van der Waals surface area contributed by atoms with Gasteiger partial charge >= 0.3 is 0 Å². The van der Waals surface area contributed by atoms with Gasteiger partial charge in [0.1, 0.15) is 5.69 Å². The Morgan fingerprint density at radius 2 is 1.84 bits per heavy atom. The molecule has 1 heterocycles. The standard InChI is InChI=1S/C24H29N3O4S/c1-16-13-17(2)24-21(14-16)22(26-31-24)15-23(28)25-12-11-18-7-9-20(10-8-18)32(29,30)27-19-5-3-4-6-19/h7-10,13-14,19,27H,3-6,11-12,15H2,1-2H3,(H,25,28). The Labute approximate surface area is 188 Å². The molecule has 1 aliphatic carbocycles. The minimum absolute atomic E-state index is 0.0459. The van der Waals surface area contributed by atoms with Gasteiger partial charge in [-0.2, -0.15) is 0 Å². The summed E-state index contributed by atoms with van der Waals surface area (Å²) in [7, 11) is -3.48. The van der Waals surface area contributed by atoms with Crippen LogP contribution in [0.4, 0.5) is 0 Å². The van der Waals surface area contributed by atoms with Crippen molar-refractivity contribution in [1.82, 2.24) is 15.2 Å². The summed E-state index contributed by atoms with van der Waals surface area (Å²) < 4.78 is 33.2. The van der Waals surface area contributed by atoms with Gasteiger partial charge in [-0.15, -0.1) is 0 Å². The van der Waals surface area contributed by atoms with Crippen molar-refractivity contribution >= 4 is 26.9 Å². The van der Waals surface area contributed by atoms with Gasteiger partial charge in [-0.25, -0.2) is 13.1 Å². The zero-order chi connectivity index (χ0) is 22.7. The second kappa shape index (κ2) is 9.42. The first-order chi connectivity index (χ1) is 15.3. The lowest BCUT2D eigenvalue weighted by Crippen LogP contribution is -2.32. The van der Waals surface area contributed by atoms with Crippen molar-refractivity contribution in [3.05, 3.63) is 58.8 Å². The van der Waals surface area contributed by atoms with E-state index in [0.717, 1.165) is 53.3 Å². The van der Waals surface area contributed by atoms with Gasteiger partial charge in [0.15, 0.2) is 5.58 Å². The molecule has 0 unspecified atom stereocenters. The van der Waals surface area contributed by atoms with E-state index in [1.165, 1.54) is 0 Å². The molecule has 3 aromatic rings. The molecule has 8 heteroatoms. The Bertz CT molecular complexity index is 1210. The lowest BCUT2D eigenvalue weighted by molar-refractivity contribution is -0.120. The first-order valence-electron chi connectivity index (χ1n) is 11.1. The SMILES string of the molecule is Cc1cc(C)c2onc(CC(=O)NCCc3ccc(S(=O)(=O)NC4CCCC4)cc3)c2c1. The van der Waals surface area contributed by atoms with E-state index < -0.39 is 10.0 Å². The Hall–Kier alpha value is -2.71.